The van der Waals surface area contributed by atoms with Gasteiger partial charge in [0, 0.05) is 36.3 Å². The van der Waals surface area contributed by atoms with Gasteiger partial charge in [0.05, 0.1) is 7.11 Å². The molecule has 4 aromatic rings. The smallest absolute Gasteiger partial charge is 0.212 e. The maximum Gasteiger partial charge on any atom is 0.212 e. The molecule has 8 heteroatoms. The average Bonchev–Trinajstić information content (AvgIpc) is 3.01. The summed E-state index contributed by atoms with van der Waals surface area (Å²) in [5.74, 6) is 3.91. The fourth-order valence-corrected chi connectivity index (χ4v) is 7.17. The van der Waals surface area contributed by atoms with Crippen LogP contribution in [-0.4, -0.2) is 54.3 Å². The third-order valence-electron chi connectivity index (χ3n) is 9.53. The van der Waals surface area contributed by atoms with E-state index >= 15 is 0 Å². The highest BCUT2D eigenvalue weighted by Crippen LogP contribution is 2.60. The largest absolute Gasteiger partial charge is 0.504 e. The van der Waals surface area contributed by atoms with Crippen LogP contribution in [0.15, 0.2) is 54.6 Å². The van der Waals surface area contributed by atoms with Crippen molar-refractivity contribution < 1.29 is 29.2 Å². The molecule has 0 saturated carbocycles. The molecule has 7 heterocycles. The van der Waals surface area contributed by atoms with Gasteiger partial charge < -0.3 is 29.2 Å². The minimum Gasteiger partial charge on any atom is -0.504 e. The van der Waals surface area contributed by atoms with Crippen LogP contribution in [-0.2, 0) is 25.7 Å². The number of ether oxygens (including phenoxy) is 4. The average molecular weight is 579 g/mol. The molecule has 2 N–H and O–H groups in total. The molecule has 43 heavy (non-hydrogen) atoms. The molecule has 1 unspecified atom stereocenters. The molecule has 7 aliphatic rings. The summed E-state index contributed by atoms with van der Waals surface area (Å²) in [4.78, 5) is 4.65. The van der Waals surface area contributed by atoms with Crippen LogP contribution in [0.4, 0.5) is 0 Å². The lowest BCUT2D eigenvalue weighted by atomic mass is 9.86. The minimum absolute atomic E-state index is 0.00266. The van der Waals surface area contributed by atoms with Crippen LogP contribution >= 0.6 is 0 Å². The van der Waals surface area contributed by atoms with Gasteiger partial charge in [-0.2, -0.15) is 0 Å². The summed E-state index contributed by atoms with van der Waals surface area (Å²) in [6.45, 7) is 1.71. The van der Waals surface area contributed by atoms with Gasteiger partial charge in [0.1, 0.15) is 5.75 Å². The Labute approximate surface area is 250 Å². The molecular weight excluding hydrogens is 544 g/mol. The second kappa shape index (κ2) is 9.82. The minimum atomic E-state index is -0.0530. The predicted molar refractivity (Wildman–Crippen MR) is 161 cm³/mol. The van der Waals surface area contributed by atoms with Gasteiger partial charge in [-0.25, -0.2) is 0 Å². The summed E-state index contributed by atoms with van der Waals surface area (Å²) in [7, 11) is 5.89. The van der Waals surface area contributed by atoms with E-state index in [4.69, 9.17) is 18.9 Å². The van der Waals surface area contributed by atoms with Crippen molar-refractivity contribution in [1.29, 1.82) is 0 Å². The molecule has 0 radical (unpaired) electrons. The van der Waals surface area contributed by atoms with Crippen molar-refractivity contribution in [3.8, 4) is 51.7 Å². The molecule has 7 aliphatic heterocycles. The van der Waals surface area contributed by atoms with Crippen molar-refractivity contribution in [2.45, 2.75) is 37.8 Å². The fraction of sp³-hybridized carbons (Fsp3) is 0.314. The van der Waals surface area contributed by atoms with E-state index in [9.17, 15) is 10.2 Å². The molecule has 4 aromatic carbocycles. The van der Waals surface area contributed by atoms with E-state index in [0.29, 0.717) is 46.7 Å². The number of hydrogen-bond acceptors (Lipinski definition) is 8. The first-order chi connectivity index (χ1) is 20.9. The number of rotatable bonds is 1. The standard InChI is InChI=1S/C35H34N2O6/c1-36-12-10-21-17-27(39)32-34-30(21)24(36)14-19-4-7-23(8-5-19)41-28-16-20(6-9-26(28)38)15-25-31-22(11-13-37(25)2)18-29(40-3)33(43-34)35(31)42-32/h4-9,16-18,24-25,38-39H,10-15H2,1-3H3/t24-,25?/m0/s1. The molecule has 0 spiro atoms. The summed E-state index contributed by atoms with van der Waals surface area (Å²) in [6.07, 6.45) is 3.00. The molecule has 0 fully saturated rings. The Balaban J connectivity index is 1.38. The summed E-state index contributed by atoms with van der Waals surface area (Å²) >= 11 is 0. The van der Waals surface area contributed by atoms with Crippen LogP contribution in [0.25, 0.3) is 0 Å². The number of phenols is 2. The highest BCUT2D eigenvalue weighted by Gasteiger charge is 2.40. The Morgan fingerprint density at radius 2 is 1.28 bits per heavy atom. The second-order valence-electron chi connectivity index (χ2n) is 12.1. The normalized spacial score (nSPS) is 20.4. The van der Waals surface area contributed by atoms with E-state index in [1.807, 2.05) is 30.3 Å². The molecule has 8 nitrogen and oxygen atoms in total. The summed E-state index contributed by atoms with van der Waals surface area (Å²) < 4.78 is 25.7. The molecule has 0 aliphatic carbocycles. The van der Waals surface area contributed by atoms with Crippen LogP contribution in [0, 0.1) is 0 Å². The quantitative estimate of drug-likeness (QED) is 0.229. The Bertz CT molecular complexity index is 1770. The van der Waals surface area contributed by atoms with Gasteiger partial charge in [0.25, 0.3) is 0 Å². The van der Waals surface area contributed by atoms with E-state index in [0.717, 1.165) is 65.7 Å². The molecule has 11 rings (SSSR count). The predicted octanol–water partition coefficient (Wildman–Crippen LogP) is 6.65. The molecule has 220 valence electrons. The monoisotopic (exact) mass is 578 g/mol. The van der Waals surface area contributed by atoms with Crippen molar-refractivity contribution in [3.05, 3.63) is 88.0 Å². The second-order valence-corrected chi connectivity index (χ2v) is 12.1. The van der Waals surface area contributed by atoms with Crippen LogP contribution in [0.5, 0.6) is 51.7 Å². The first kappa shape index (κ1) is 26.2. The van der Waals surface area contributed by atoms with Crippen molar-refractivity contribution >= 4 is 0 Å². The lowest BCUT2D eigenvalue weighted by Gasteiger charge is -2.40. The topological polar surface area (TPSA) is 83.9 Å². The summed E-state index contributed by atoms with van der Waals surface area (Å²) in [6, 6.07) is 17.4. The lowest BCUT2D eigenvalue weighted by molar-refractivity contribution is 0.211. The maximum atomic E-state index is 11.3. The van der Waals surface area contributed by atoms with E-state index in [2.05, 4.69) is 42.1 Å². The Morgan fingerprint density at radius 3 is 1.98 bits per heavy atom. The third kappa shape index (κ3) is 4.19. The number of benzene rings is 4. The highest BCUT2D eigenvalue weighted by atomic mass is 16.6. The van der Waals surface area contributed by atoms with Crippen LogP contribution in [0.3, 0.4) is 0 Å². The van der Waals surface area contributed by atoms with Crippen molar-refractivity contribution in [1.82, 2.24) is 9.80 Å². The molecule has 2 atom stereocenters. The molecule has 0 aromatic heterocycles. The van der Waals surface area contributed by atoms with Crippen LogP contribution in [0.1, 0.15) is 45.5 Å². The van der Waals surface area contributed by atoms with Gasteiger partial charge in [0.2, 0.25) is 11.5 Å². The van der Waals surface area contributed by atoms with Crippen LogP contribution < -0.4 is 18.9 Å². The van der Waals surface area contributed by atoms with Gasteiger partial charge in [-0.15, -0.1) is 0 Å². The summed E-state index contributed by atoms with van der Waals surface area (Å²) in [5.41, 5.74) is 6.39. The Morgan fingerprint density at radius 1 is 0.674 bits per heavy atom. The summed E-state index contributed by atoms with van der Waals surface area (Å²) in [5, 5.41) is 22.0. The molecule has 0 amide bonds. The first-order valence-corrected chi connectivity index (χ1v) is 14.8. The lowest BCUT2D eigenvalue weighted by Crippen LogP contribution is -2.35. The van der Waals surface area contributed by atoms with E-state index in [1.54, 1.807) is 13.2 Å². The van der Waals surface area contributed by atoms with Gasteiger partial charge in [0.15, 0.2) is 34.5 Å². The van der Waals surface area contributed by atoms with Crippen molar-refractivity contribution in [2.24, 2.45) is 0 Å². The van der Waals surface area contributed by atoms with Crippen molar-refractivity contribution in [3.63, 3.8) is 0 Å². The zero-order chi connectivity index (χ0) is 29.4. The van der Waals surface area contributed by atoms with E-state index in [-0.39, 0.29) is 23.6 Å². The maximum absolute atomic E-state index is 11.3. The fourth-order valence-electron chi connectivity index (χ4n) is 7.17. The van der Waals surface area contributed by atoms with Crippen LogP contribution in [0.2, 0.25) is 0 Å². The van der Waals surface area contributed by atoms with E-state index < -0.39 is 0 Å². The number of aromatic hydroxyl groups is 2. The number of likely N-dealkylation sites (N-methyl/N-ethyl adjacent to an activating group) is 2. The zero-order valence-electron chi connectivity index (χ0n) is 24.5. The molecular formula is C35H34N2O6. The van der Waals surface area contributed by atoms with Crippen molar-refractivity contribution in [2.75, 3.05) is 34.3 Å². The SMILES string of the molecule is COc1cc2c3c4c1Oc1c(c(O)cc5c1[C@H](Cc1ccc(cc1)Oc1cc(ccc1O)CC3N(C)CC2)N(C)CC5)O4. The van der Waals surface area contributed by atoms with Gasteiger partial charge in [-0.3, -0.25) is 9.80 Å². The van der Waals surface area contributed by atoms with Gasteiger partial charge >= 0.3 is 0 Å². The Hall–Kier alpha value is -4.40. The molecule has 0 saturated heterocycles. The third-order valence-corrected chi connectivity index (χ3v) is 9.53. The first-order valence-electron chi connectivity index (χ1n) is 14.8. The van der Waals surface area contributed by atoms with Gasteiger partial charge in [-0.1, -0.05) is 18.2 Å². The Kier molecular flexibility index (Phi) is 6.00. The number of phenolic OH excluding ortho intramolecular Hbond substituents is 2. The number of hydrogen-bond donors (Lipinski definition) is 2. The molecule has 10 bridgehead atoms. The highest BCUT2D eigenvalue weighted by molar-refractivity contribution is 5.71. The zero-order valence-corrected chi connectivity index (χ0v) is 24.5. The number of methoxy groups -OCH3 is 1. The number of nitrogens with zero attached hydrogens (tertiary/aromatic N) is 2. The van der Waals surface area contributed by atoms with E-state index in [1.165, 1.54) is 0 Å². The van der Waals surface area contributed by atoms with Gasteiger partial charge in [-0.05, 0) is 98.4 Å².